The highest BCUT2D eigenvalue weighted by Crippen LogP contribution is 2.38. The second kappa shape index (κ2) is 5.92. The molecule has 1 N–H and O–H groups in total. The van der Waals surface area contributed by atoms with Gasteiger partial charge >= 0.3 is 6.18 Å². The number of aryl methyl sites for hydroxylation is 1. The number of halogens is 3. The van der Waals surface area contributed by atoms with Crippen LogP contribution in [0.1, 0.15) is 16.7 Å². The van der Waals surface area contributed by atoms with E-state index >= 15 is 0 Å². The third-order valence-electron chi connectivity index (χ3n) is 3.75. The number of carbonyl (C=O) groups excluding carboxylic acids is 1. The maximum Gasteiger partial charge on any atom is 0.416 e. The molecule has 0 saturated carbocycles. The molecule has 1 aliphatic rings. The molecule has 23 heavy (non-hydrogen) atoms. The molecule has 0 bridgehead atoms. The quantitative estimate of drug-likeness (QED) is 0.863. The number of benzene rings is 2. The lowest BCUT2D eigenvalue weighted by molar-refractivity contribution is -0.138. The molecule has 0 fully saturated rings. The molecule has 1 unspecified atom stereocenters. The summed E-state index contributed by atoms with van der Waals surface area (Å²) in [5, 5.41) is 2.28. The van der Waals surface area contributed by atoms with Gasteiger partial charge in [-0.2, -0.15) is 13.2 Å². The van der Waals surface area contributed by atoms with Gasteiger partial charge in [-0.05, 0) is 42.7 Å². The third kappa shape index (κ3) is 3.37. The fourth-order valence-electron chi connectivity index (χ4n) is 2.56. The number of fused-ring (bicyclic) bond motifs is 1. The minimum Gasteiger partial charge on any atom is -0.325 e. The van der Waals surface area contributed by atoms with Gasteiger partial charge in [-0.3, -0.25) is 4.79 Å². The van der Waals surface area contributed by atoms with Crippen molar-refractivity contribution in [1.29, 1.82) is 0 Å². The number of anilines is 1. The van der Waals surface area contributed by atoms with Gasteiger partial charge in [0, 0.05) is 10.6 Å². The number of thioether (sulfide) groups is 1. The number of alkyl halides is 3. The van der Waals surface area contributed by atoms with Crippen molar-refractivity contribution in [2.24, 2.45) is 0 Å². The van der Waals surface area contributed by atoms with Crippen LogP contribution >= 0.6 is 11.8 Å². The number of amides is 1. The van der Waals surface area contributed by atoms with Crippen molar-refractivity contribution in [2.75, 3.05) is 5.32 Å². The summed E-state index contributed by atoms with van der Waals surface area (Å²) in [5.41, 5.74) is 0.679. The highest BCUT2D eigenvalue weighted by molar-refractivity contribution is 8.01. The maximum absolute atomic E-state index is 12.9. The van der Waals surface area contributed by atoms with Crippen molar-refractivity contribution < 1.29 is 18.0 Å². The lowest BCUT2D eigenvalue weighted by Crippen LogP contribution is -2.25. The average Bonchev–Trinajstić information content (AvgIpc) is 2.92. The number of nitrogens with one attached hydrogen (secondary N) is 1. The Morgan fingerprint density at radius 1 is 1.22 bits per heavy atom. The van der Waals surface area contributed by atoms with Crippen LogP contribution in [0.5, 0.6) is 0 Å². The van der Waals surface area contributed by atoms with Crippen LogP contribution in [0.4, 0.5) is 18.9 Å². The molecule has 0 spiro atoms. The van der Waals surface area contributed by atoms with Gasteiger partial charge in [0.2, 0.25) is 5.91 Å². The monoisotopic (exact) mass is 337 g/mol. The molecule has 2 aromatic carbocycles. The van der Waals surface area contributed by atoms with Gasteiger partial charge in [-0.1, -0.05) is 24.3 Å². The van der Waals surface area contributed by atoms with Gasteiger partial charge < -0.3 is 5.32 Å². The van der Waals surface area contributed by atoms with Crippen LogP contribution in [0.15, 0.2) is 47.4 Å². The predicted octanol–water partition coefficient (Wildman–Crippen LogP) is 4.67. The highest BCUT2D eigenvalue weighted by Gasteiger charge is 2.33. The van der Waals surface area contributed by atoms with Crippen molar-refractivity contribution in [3.05, 3.63) is 59.2 Å². The number of hydrogen-bond donors (Lipinski definition) is 1. The third-order valence-corrected chi connectivity index (χ3v) is 5.07. The van der Waals surface area contributed by atoms with Crippen molar-refractivity contribution >= 4 is 23.4 Å². The van der Waals surface area contributed by atoms with Crippen molar-refractivity contribution in [3.8, 4) is 0 Å². The Morgan fingerprint density at radius 3 is 2.65 bits per heavy atom. The molecule has 1 heterocycles. The van der Waals surface area contributed by atoms with Gasteiger partial charge in [0.05, 0.1) is 10.8 Å². The molecular weight excluding hydrogens is 323 g/mol. The first kappa shape index (κ1) is 15.9. The first-order valence-electron chi connectivity index (χ1n) is 7.08. The molecular formula is C17H14F3NOS. The van der Waals surface area contributed by atoms with Crippen LogP contribution in [0.3, 0.4) is 0 Å². The molecule has 1 atom stereocenters. The summed E-state index contributed by atoms with van der Waals surface area (Å²) in [6.07, 6.45) is -3.84. The first-order valence-corrected chi connectivity index (χ1v) is 7.96. The minimum atomic E-state index is -4.43. The van der Waals surface area contributed by atoms with Crippen LogP contribution in [0.25, 0.3) is 0 Å². The molecule has 0 aromatic heterocycles. The fourth-order valence-corrected chi connectivity index (χ4v) is 3.75. The van der Waals surface area contributed by atoms with Crippen LogP contribution in [0, 0.1) is 6.92 Å². The van der Waals surface area contributed by atoms with Gasteiger partial charge in [0.25, 0.3) is 0 Å². The van der Waals surface area contributed by atoms with Gasteiger partial charge in [-0.15, -0.1) is 11.8 Å². The van der Waals surface area contributed by atoms with E-state index in [1.165, 1.54) is 30.8 Å². The lowest BCUT2D eigenvalue weighted by Gasteiger charge is -2.14. The van der Waals surface area contributed by atoms with Gasteiger partial charge in [-0.25, -0.2) is 0 Å². The summed E-state index contributed by atoms with van der Waals surface area (Å²) >= 11 is 1.44. The smallest absolute Gasteiger partial charge is 0.325 e. The molecule has 1 aliphatic heterocycles. The van der Waals surface area contributed by atoms with Crippen molar-refractivity contribution in [1.82, 2.24) is 0 Å². The van der Waals surface area contributed by atoms with Crippen LogP contribution in [-0.2, 0) is 17.4 Å². The Hall–Kier alpha value is -1.95. The van der Waals surface area contributed by atoms with E-state index in [0.29, 0.717) is 6.42 Å². The van der Waals surface area contributed by atoms with E-state index in [1.807, 2.05) is 24.3 Å². The zero-order chi connectivity index (χ0) is 16.6. The van der Waals surface area contributed by atoms with Gasteiger partial charge in [0.15, 0.2) is 0 Å². The van der Waals surface area contributed by atoms with E-state index in [4.69, 9.17) is 0 Å². The van der Waals surface area contributed by atoms with Crippen molar-refractivity contribution in [3.63, 3.8) is 0 Å². The molecule has 2 nitrogen and oxygen atoms in total. The molecule has 1 amide bonds. The summed E-state index contributed by atoms with van der Waals surface area (Å²) in [4.78, 5) is 13.4. The lowest BCUT2D eigenvalue weighted by atomic mass is 10.1. The van der Waals surface area contributed by atoms with Crippen LogP contribution in [0.2, 0.25) is 0 Å². The number of rotatable bonds is 2. The predicted molar refractivity (Wildman–Crippen MR) is 84.6 cm³/mol. The summed E-state index contributed by atoms with van der Waals surface area (Å²) in [5.74, 6) is -0.275. The average molecular weight is 337 g/mol. The molecule has 0 aliphatic carbocycles. The Balaban J connectivity index is 1.75. The summed E-state index contributed by atoms with van der Waals surface area (Å²) in [6, 6.07) is 11.6. The largest absolute Gasteiger partial charge is 0.416 e. The van der Waals surface area contributed by atoms with E-state index in [0.717, 1.165) is 16.5 Å². The zero-order valence-corrected chi connectivity index (χ0v) is 13.1. The van der Waals surface area contributed by atoms with Crippen LogP contribution in [-0.4, -0.2) is 11.2 Å². The van der Waals surface area contributed by atoms with E-state index < -0.39 is 11.7 Å². The Bertz CT molecular complexity index is 733. The highest BCUT2D eigenvalue weighted by atomic mass is 32.2. The standard InChI is InChI=1S/C17H14F3NOS/c1-10-6-7-12(9-13(10)17(18,19)20)21-16(22)15-8-11-4-2-3-5-14(11)23-15/h2-7,9,15H,8H2,1H3,(H,21,22). The normalized spacial score (nSPS) is 17.0. The van der Waals surface area contributed by atoms with Crippen molar-refractivity contribution in [2.45, 2.75) is 29.7 Å². The topological polar surface area (TPSA) is 29.1 Å². The Labute approximate surface area is 136 Å². The second-order valence-corrected chi connectivity index (χ2v) is 6.68. The fraction of sp³-hybridized carbons (Fsp3) is 0.235. The second-order valence-electron chi connectivity index (χ2n) is 5.44. The van der Waals surface area contributed by atoms with E-state index in [-0.39, 0.29) is 22.4 Å². The zero-order valence-electron chi connectivity index (χ0n) is 12.3. The van der Waals surface area contributed by atoms with Crippen LogP contribution < -0.4 is 5.32 Å². The Kier molecular flexibility index (Phi) is 4.10. The molecule has 0 radical (unpaired) electrons. The summed E-state index contributed by atoms with van der Waals surface area (Å²) in [7, 11) is 0. The summed E-state index contributed by atoms with van der Waals surface area (Å²) < 4.78 is 38.8. The van der Waals surface area contributed by atoms with E-state index in [2.05, 4.69) is 5.32 Å². The molecule has 120 valence electrons. The van der Waals surface area contributed by atoms with E-state index in [9.17, 15) is 18.0 Å². The van der Waals surface area contributed by atoms with Gasteiger partial charge in [0.1, 0.15) is 0 Å². The minimum absolute atomic E-state index is 0.137. The Morgan fingerprint density at radius 2 is 1.96 bits per heavy atom. The number of carbonyl (C=O) groups is 1. The molecule has 3 rings (SSSR count). The molecule has 0 saturated heterocycles. The maximum atomic E-state index is 12.9. The molecule has 6 heteroatoms. The SMILES string of the molecule is Cc1ccc(NC(=O)C2Cc3ccccc3S2)cc1C(F)(F)F. The van der Waals surface area contributed by atoms with E-state index in [1.54, 1.807) is 0 Å². The number of hydrogen-bond acceptors (Lipinski definition) is 2. The molecule has 2 aromatic rings. The summed E-state index contributed by atoms with van der Waals surface area (Å²) in [6.45, 7) is 1.40. The first-order chi connectivity index (χ1) is 10.8.